The normalized spacial score (nSPS) is 30.4. The number of hydrogen-bond acceptors (Lipinski definition) is 4. The number of nitrogens with one attached hydrogen (secondary N) is 1. The molecular weight excluding hydrogens is 400 g/mol. The number of carbonyl (C=O) groups excluding carboxylic acids is 1. The molecule has 2 N–H and O–H groups in total. The number of piperidine rings is 1. The molecular formula is C27H34N2O3. The van der Waals surface area contributed by atoms with Crippen LogP contribution >= 0.6 is 0 Å². The summed E-state index contributed by atoms with van der Waals surface area (Å²) in [5.74, 6) is 1.59. The molecule has 2 aromatic rings. The molecule has 3 atom stereocenters. The average molecular weight is 435 g/mol. The molecule has 32 heavy (non-hydrogen) atoms. The molecule has 2 unspecified atom stereocenters. The molecule has 2 saturated carbocycles. The van der Waals surface area contributed by atoms with Gasteiger partial charge < -0.3 is 20.1 Å². The van der Waals surface area contributed by atoms with E-state index >= 15 is 0 Å². The van der Waals surface area contributed by atoms with E-state index in [1.54, 1.807) is 7.11 Å². The Morgan fingerprint density at radius 1 is 1.12 bits per heavy atom. The first kappa shape index (κ1) is 21.5. The van der Waals surface area contributed by atoms with Gasteiger partial charge in [0.1, 0.15) is 5.75 Å². The van der Waals surface area contributed by atoms with Crippen molar-refractivity contribution in [2.24, 2.45) is 5.92 Å². The van der Waals surface area contributed by atoms with Gasteiger partial charge in [-0.15, -0.1) is 0 Å². The van der Waals surface area contributed by atoms with E-state index in [-0.39, 0.29) is 11.9 Å². The van der Waals surface area contributed by atoms with Gasteiger partial charge in [-0.25, -0.2) is 0 Å². The maximum Gasteiger partial charge on any atom is 0.251 e. The lowest BCUT2D eigenvalue weighted by atomic mass is 9.55. The van der Waals surface area contributed by atoms with Gasteiger partial charge >= 0.3 is 0 Å². The lowest BCUT2D eigenvalue weighted by molar-refractivity contribution is -0.126. The Labute approximate surface area is 190 Å². The van der Waals surface area contributed by atoms with Crippen molar-refractivity contribution in [2.45, 2.75) is 55.6 Å². The Balaban J connectivity index is 1.43. The summed E-state index contributed by atoms with van der Waals surface area (Å²) >= 11 is 0. The zero-order valence-electron chi connectivity index (χ0n) is 18.9. The maximum atomic E-state index is 12.9. The topological polar surface area (TPSA) is 61.8 Å². The molecule has 1 heterocycles. The number of ether oxygens (including phenoxy) is 1. The molecule has 5 rings (SSSR count). The summed E-state index contributed by atoms with van der Waals surface area (Å²) in [6.45, 7) is 2.79. The van der Waals surface area contributed by atoms with Crippen LogP contribution in [0.4, 0.5) is 0 Å². The second-order valence-corrected chi connectivity index (χ2v) is 10.1. The van der Waals surface area contributed by atoms with Crippen LogP contribution in [0.5, 0.6) is 5.75 Å². The first-order chi connectivity index (χ1) is 15.5. The average Bonchev–Trinajstić information content (AvgIpc) is 3.64. The van der Waals surface area contributed by atoms with Crippen molar-refractivity contribution in [1.29, 1.82) is 0 Å². The van der Waals surface area contributed by atoms with E-state index in [0.717, 1.165) is 49.6 Å². The van der Waals surface area contributed by atoms with Gasteiger partial charge in [-0.2, -0.15) is 0 Å². The Kier molecular flexibility index (Phi) is 5.72. The summed E-state index contributed by atoms with van der Waals surface area (Å²) in [4.78, 5) is 15.3. The minimum absolute atomic E-state index is 0.0316. The van der Waals surface area contributed by atoms with Crippen LogP contribution in [-0.4, -0.2) is 54.3 Å². The van der Waals surface area contributed by atoms with E-state index in [4.69, 9.17) is 4.74 Å². The molecule has 1 amide bonds. The zero-order chi connectivity index (χ0) is 22.2. The molecule has 3 fully saturated rings. The SMILES string of the molecule is COc1cccc(C23CCN(CC4CC4)CC2(O)CC[C@@H](NC(=O)c2ccccc2)C3)c1. The van der Waals surface area contributed by atoms with Gasteiger partial charge in [0.05, 0.1) is 12.7 Å². The van der Waals surface area contributed by atoms with Crippen molar-refractivity contribution in [3.63, 3.8) is 0 Å². The number of rotatable bonds is 6. The minimum atomic E-state index is -0.805. The highest BCUT2D eigenvalue weighted by Gasteiger charge is 2.57. The minimum Gasteiger partial charge on any atom is -0.497 e. The van der Waals surface area contributed by atoms with Gasteiger partial charge in [0.15, 0.2) is 0 Å². The molecule has 5 heteroatoms. The second kappa shape index (κ2) is 8.53. The predicted molar refractivity (Wildman–Crippen MR) is 125 cm³/mol. The van der Waals surface area contributed by atoms with Gasteiger partial charge in [0.2, 0.25) is 0 Å². The van der Waals surface area contributed by atoms with Crippen LogP contribution in [0.25, 0.3) is 0 Å². The first-order valence-corrected chi connectivity index (χ1v) is 12.0. The summed E-state index contributed by atoms with van der Waals surface area (Å²) < 4.78 is 5.52. The first-order valence-electron chi connectivity index (χ1n) is 12.0. The molecule has 0 spiro atoms. The number of fused-ring (bicyclic) bond motifs is 1. The molecule has 0 radical (unpaired) electrons. The third-order valence-corrected chi connectivity index (χ3v) is 7.94. The third-order valence-electron chi connectivity index (χ3n) is 7.94. The van der Waals surface area contributed by atoms with Crippen LogP contribution in [0.2, 0.25) is 0 Å². The lowest BCUT2D eigenvalue weighted by Gasteiger charge is -2.58. The monoisotopic (exact) mass is 434 g/mol. The predicted octanol–water partition coefficient (Wildman–Crippen LogP) is 3.76. The maximum absolute atomic E-state index is 12.9. The van der Waals surface area contributed by atoms with Gasteiger partial charge in [-0.1, -0.05) is 30.3 Å². The van der Waals surface area contributed by atoms with Crippen LogP contribution in [-0.2, 0) is 5.41 Å². The van der Waals surface area contributed by atoms with Gasteiger partial charge in [0.25, 0.3) is 5.91 Å². The van der Waals surface area contributed by atoms with Crippen LogP contribution in [0.3, 0.4) is 0 Å². The Bertz CT molecular complexity index is 960. The van der Waals surface area contributed by atoms with Crippen molar-refractivity contribution in [1.82, 2.24) is 10.2 Å². The summed E-state index contributed by atoms with van der Waals surface area (Å²) in [5, 5.41) is 15.4. The van der Waals surface area contributed by atoms with E-state index in [9.17, 15) is 9.90 Å². The highest BCUT2D eigenvalue weighted by molar-refractivity contribution is 5.94. The lowest BCUT2D eigenvalue weighted by Crippen LogP contribution is -2.67. The standard InChI is InChI=1S/C27H34N2O3/c1-32-24-9-5-8-22(16-24)26-14-15-29(18-20-10-11-20)19-27(26,31)13-12-23(17-26)28-25(30)21-6-3-2-4-7-21/h2-9,16,20,23,31H,10-15,17-19H2,1H3,(H,28,30)/t23-,26?,27?/m1/s1. The number of methoxy groups -OCH3 is 1. The number of hydrogen-bond donors (Lipinski definition) is 2. The van der Waals surface area contributed by atoms with Crippen molar-refractivity contribution in [3.05, 3.63) is 65.7 Å². The van der Waals surface area contributed by atoms with Gasteiger partial charge in [-0.05, 0) is 80.8 Å². The Morgan fingerprint density at radius 2 is 1.94 bits per heavy atom. The summed E-state index contributed by atoms with van der Waals surface area (Å²) in [5.41, 5.74) is 0.613. The smallest absolute Gasteiger partial charge is 0.251 e. The Morgan fingerprint density at radius 3 is 2.69 bits per heavy atom. The van der Waals surface area contributed by atoms with Crippen LogP contribution in [0.15, 0.2) is 54.6 Å². The van der Waals surface area contributed by atoms with Crippen LogP contribution in [0.1, 0.15) is 54.4 Å². The number of aliphatic hydroxyl groups is 1. The largest absolute Gasteiger partial charge is 0.497 e. The molecule has 0 bridgehead atoms. The van der Waals surface area contributed by atoms with Crippen molar-refractivity contribution in [3.8, 4) is 5.75 Å². The molecule has 1 saturated heterocycles. The van der Waals surface area contributed by atoms with Crippen LogP contribution in [0, 0.1) is 5.92 Å². The highest BCUT2D eigenvalue weighted by Crippen LogP contribution is 2.52. The number of likely N-dealkylation sites (tertiary alicyclic amines) is 1. The Hall–Kier alpha value is -2.37. The van der Waals surface area contributed by atoms with E-state index in [1.807, 2.05) is 42.5 Å². The highest BCUT2D eigenvalue weighted by atomic mass is 16.5. The molecule has 170 valence electrons. The van der Waals surface area contributed by atoms with Crippen molar-refractivity contribution in [2.75, 3.05) is 26.7 Å². The van der Waals surface area contributed by atoms with Crippen molar-refractivity contribution < 1.29 is 14.6 Å². The number of nitrogens with zero attached hydrogens (tertiary/aromatic N) is 1. The van der Waals surface area contributed by atoms with Gasteiger partial charge in [0, 0.05) is 30.1 Å². The molecule has 0 aromatic heterocycles. The fraction of sp³-hybridized carbons (Fsp3) is 0.519. The molecule has 1 aliphatic heterocycles. The zero-order valence-corrected chi connectivity index (χ0v) is 18.9. The van der Waals surface area contributed by atoms with E-state index in [0.29, 0.717) is 18.5 Å². The molecule has 5 nitrogen and oxygen atoms in total. The van der Waals surface area contributed by atoms with Crippen molar-refractivity contribution >= 4 is 5.91 Å². The van der Waals surface area contributed by atoms with E-state index in [1.165, 1.54) is 12.8 Å². The molecule has 2 aromatic carbocycles. The third kappa shape index (κ3) is 4.04. The number of β-amino-alcohol motifs (C(OH)–C–C–N with tert-alkyl or cyclic N) is 1. The number of benzene rings is 2. The number of carbonyl (C=O) groups is 1. The molecule has 2 aliphatic carbocycles. The van der Waals surface area contributed by atoms with Crippen LogP contribution < -0.4 is 10.1 Å². The van der Waals surface area contributed by atoms with Gasteiger partial charge in [-0.3, -0.25) is 4.79 Å². The van der Waals surface area contributed by atoms with E-state index < -0.39 is 11.0 Å². The fourth-order valence-electron chi connectivity index (χ4n) is 5.98. The molecule has 3 aliphatic rings. The summed E-state index contributed by atoms with van der Waals surface area (Å²) in [7, 11) is 1.69. The summed E-state index contributed by atoms with van der Waals surface area (Å²) in [6, 6.07) is 17.6. The fourth-order valence-corrected chi connectivity index (χ4v) is 5.98. The quantitative estimate of drug-likeness (QED) is 0.727. The second-order valence-electron chi connectivity index (χ2n) is 10.1. The van der Waals surface area contributed by atoms with E-state index in [2.05, 4.69) is 22.3 Å². The summed E-state index contributed by atoms with van der Waals surface area (Å²) in [6.07, 6.45) is 5.75. The number of amides is 1.